The van der Waals surface area contributed by atoms with Gasteiger partial charge in [-0.2, -0.15) is 0 Å². The zero-order valence-electron chi connectivity index (χ0n) is 11.0. The lowest BCUT2D eigenvalue weighted by atomic mass is 9.97. The van der Waals surface area contributed by atoms with E-state index < -0.39 is 5.92 Å². The number of carbonyl (C=O) groups is 1. The van der Waals surface area contributed by atoms with Gasteiger partial charge in [0.05, 0.1) is 6.61 Å². The average molecular weight is 268 g/mol. The first kappa shape index (κ1) is 14.0. The lowest BCUT2D eigenvalue weighted by molar-refractivity contribution is 0.00497. The first-order valence-electron chi connectivity index (χ1n) is 6.64. The fourth-order valence-electron chi connectivity index (χ4n) is 2.52. The molecular formula is C15H18F2O2. The number of ether oxygens (including phenoxy) is 1. The molecule has 0 bridgehead atoms. The van der Waals surface area contributed by atoms with Gasteiger partial charge in [-0.1, -0.05) is 12.1 Å². The fourth-order valence-corrected chi connectivity index (χ4v) is 2.52. The first-order chi connectivity index (χ1) is 9.00. The van der Waals surface area contributed by atoms with E-state index in [2.05, 4.69) is 0 Å². The summed E-state index contributed by atoms with van der Waals surface area (Å²) < 4.78 is 31.5. The molecule has 104 valence electrons. The highest BCUT2D eigenvalue weighted by atomic mass is 19.3. The number of alkyl halides is 2. The Labute approximate surface area is 111 Å². The number of ketones is 1. The zero-order valence-corrected chi connectivity index (χ0v) is 11.0. The van der Waals surface area contributed by atoms with Gasteiger partial charge in [0.2, 0.25) is 5.92 Å². The number of hydrogen-bond donors (Lipinski definition) is 0. The predicted octanol–water partition coefficient (Wildman–Crippen LogP) is 4.09. The maximum atomic E-state index is 13.1. The second-order valence-corrected chi connectivity index (χ2v) is 5.05. The normalized spacial score (nSPS) is 21.3. The minimum Gasteiger partial charge on any atom is -0.494 e. The number of hydrogen-bond acceptors (Lipinski definition) is 2. The van der Waals surface area contributed by atoms with Crippen LogP contribution in [0.15, 0.2) is 24.3 Å². The molecule has 0 aliphatic heterocycles. The van der Waals surface area contributed by atoms with Crippen LogP contribution in [0.3, 0.4) is 0 Å². The summed E-state index contributed by atoms with van der Waals surface area (Å²) in [7, 11) is 0. The molecule has 2 rings (SSSR count). The largest absolute Gasteiger partial charge is 0.494 e. The van der Waals surface area contributed by atoms with Crippen LogP contribution < -0.4 is 4.74 Å². The van der Waals surface area contributed by atoms with Gasteiger partial charge in [0.15, 0.2) is 5.78 Å². The smallest absolute Gasteiger partial charge is 0.248 e. The van der Waals surface area contributed by atoms with E-state index in [4.69, 9.17) is 4.74 Å². The van der Waals surface area contributed by atoms with Crippen molar-refractivity contribution in [3.8, 4) is 5.75 Å². The number of rotatable bonds is 5. The lowest BCUT2D eigenvalue weighted by Gasteiger charge is -2.10. The highest BCUT2D eigenvalue weighted by Gasteiger charge is 2.39. The van der Waals surface area contributed by atoms with Gasteiger partial charge < -0.3 is 4.74 Å². The minimum atomic E-state index is -2.59. The van der Waals surface area contributed by atoms with Crippen LogP contribution in [0.1, 0.15) is 43.0 Å². The molecule has 2 nitrogen and oxygen atoms in total. The Morgan fingerprint density at radius 1 is 1.47 bits per heavy atom. The van der Waals surface area contributed by atoms with Crippen molar-refractivity contribution in [1.29, 1.82) is 0 Å². The summed E-state index contributed by atoms with van der Waals surface area (Å²) in [6.45, 7) is 2.40. The highest BCUT2D eigenvalue weighted by Crippen LogP contribution is 2.40. The standard InChI is InChI=1S/C15H18F2O2/c1-2-19-13-5-3-4-12(9-13)14(18)8-11-6-7-15(16,17)10-11/h3-5,9,11H,2,6-8,10H2,1H3. The molecule has 0 saturated heterocycles. The van der Waals surface area contributed by atoms with E-state index in [1.54, 1.807) is 24.3 Å². The molecule has 1 aliphatic carbocycles. The van der Waals surface area contributed by atoms with Crippen LogP contribution >= 0.6 is 0 Å². The van der Waals surface area contributed by atoms with Crippen LogP contribution in [0.5, 0.6) is 5.75 Å². The summed E-state index contributed by atoms with van der Waals surface area (Å²) in [5.41, 5.74) is 0.543. The summed E-state index contributed by atoms with van der Waals surface area (Å²) in [4.78, 5) is 12.1. The summed E-state index contributed by atoms with van der Waals surface area (Å²) >= 11 is 0. The minimum absolute atomic E-state index is 0.0794. The van der Waals surface area contributed by atoms with Crippen LogP contribution in [0.2, 0.25) is 0 Å². The van der Waals surface area contributed by atoms with Crippen molar-refractivity contribution in [2.24, 2.45) is 5.92 Å². The molecule has 0 heterocycles. The van der Waals surface area contributed by atoms with Gasteiger partial charge in [0.25, 0.3) is 0 Å². The number of halogens is 2. The van der Waals surface area contributed by atoms with Crippen LogP contribution in [0.4, 0.5) is 8.78 Å². The Kier molecular flexibility index (Phi) is 4.17. The van der Waals surface area contributed by atoms with Crippen molar-refractivity contribution >= 4 is 5.78 Å². The molecule has 1 fully saturated rings. The molecule has 1 aliphatic rings. The summed E-state index contributed by atoms with van der Waals surface area (Å²) in [6, 6.07) is 6.92. The molecule has 1 unspecified atom stereocenters. The van der Waals surface area contributed by atoms with E-state index in [1.807, 2.05) is 6.92 Å². The average Bonchev–Trinajstić information content (AvgIpc) is 2.69. The van der Waals surface area contributed by atoms with Gasteiger partial charge in [-0.3, -0.25) is 4.79 Å². The Hall–Kier alpha value is -1.45. The van der Waals surface area contributed by atoms with E-state index in [9.17, 15) is 13.6 Å². The van der Waals surface area contributed by atoms with E-state index >= 15 is 0 Å². The Morgan fingerprint density at radius 2 is 2.26 bits per heavy atom. The molecule has 4 heteroatoms. The lowest BCUT2D eigenvalue weighted by Crippen LogP contribution is -2.12. The number of carbonyl (C=O) groups excluding carboxylic acids is 1. The third-order valence-corrected chi connectivity index (χ3v) is 3.45. The Balaban J connectivity index is 1.98. The third kappa shape index (κ3) is 3.75. The van der Waals surface area contributed by atoms with Gasteiger partial charge in [0.1, 0.15) is 5.75 Å². The van der Waals surface area contributed by atoms with Gasteiger partial charge in [0, 0.05) is 24.8 Å². The van der Waals surface area contributed by atoms with Gasteiger partial charge in [-0.05, 0) is 31.4 Å². The molecule has 1 aromatic carbocycles. The summed E-state index contributed by atoms with van der Waals surface area (Å²) in [5, 5.41) is 0. The zero-order chi connectivity index (χ0) is 13.9. The van der Waals surface area contributed by atoms with Gasteiger partial charge in [-0.15, -0.1) is 0 Å². The number of benzene rings is 1. The van der Waals surface area contributed by atoms with Crippen LogP contribution in [0.25, 0.3) is 0 Å². The SMILES string of the molecule is CCOc1cccc(C(=O)CC2CCC(F)(F)C2)c1. The summed E-state index contributed by atoms with van der Waals surface area (Å²) in [6.07, 6.45) is 0.378. The second-order valence-electron chi connectivity index (χ2n) is 5.05. The van der Waals surface area contributed by atoms with E-state index in [0.29, 0.717) is 24.3 Å². The predicted molar refractivity (Wildman–Crippen MR) is 68.8 cm³/mol. The molecule has 0 amide bonds. The highest BCUT2D eigenvalue weighted by molar-refractivity contribution is 5.96. The Morgan fingerprint density at radius 3 is 2.89 bits per heavy atom. The second kappa shape index (κ2) is 5.68. The van der Waals surface area contributed by atoms with Crippen LogP contribution in [-0.4, -0.2) is 18.3 Å². The van der Waals surface area contributed by atoms with E-state index in [1.165, 1.54) is 0 Å². The maximum Gasteiger partial charge on any atom is 0.248 e. The van der Waals surface area contributed by atoms with E-state index in [-0.39, 0.29) is 31.0 Å². The topological polar surface area (TPSA) is 26.3 Å². The molecule has 1 atom stereocenters. The molecule has 1 aromatic rings. The van der Waals surface area contributed by atoms with Crippen molar-refractivity contribution in [1.82, 2.24) is 0 Å². The molecule has 19 heavy (non-hydrogen) atoms. The quantitative estimate of drug-likeness (QED) is 0.752. The van der Waals surface area contributed by atoms with Crippen molar-refractivity contribution in [2.75, 3.05) is 6.61 Å². The molecule has 0 N–H and O–H groups in total. The van der Waals surface area contributed by atoms with E-state index in [0.717, 1.165) is 0 Å². The Bertz CT molecular complexity index is 457. The summed E-state index contributed by atoms with van der Waals surface area (Å²) in [5.74, 6) is -2.22. The van der Waals surface area contributed by atoms with Crippen molar-refractivity contribution in [3.05, 3.63) is 29.8 Å². The van der Waals surface area contributed by atoms with Gasteiger partial charge >= 0.3 is 0 Å². The first-order valence-corrected chi connectivity index (χ1v) is 6.64. The molecule has 0 radical (unpaired) electrons. The van der Waals surface area contributed by atoms with Crippen molar-refractivity contribution in [3.63, 3.8) is 0 Å². The van der Waals surface area contributed by atoms with Crippen molar-refractivity contribution < 1.29 is 18.3 Å². The fraction of sp³-hybridized carbons (Fsp3) is 0.533. The maximum absolute atomic E-state index is 13.1. The number of Topliss-reactive ketones (excluding diaryl/α,β-unsaturated/α-hetero) is 1. The van der Waals surface area contributed by atoms with Crippen LogP contribution in [-0.2, 0) is 0 Å². The van der Waals surface area contributed by atoms with Crippen LogP contribution in [0, 0.1) is 5.92 Å². The third-order valence-electron chi connectivity index (χ3n) is 3.45. The monoisotopic (exact) mass is 268 g/mol. The van der Waals surface area contributed by atoms with Gasteiger partial charge in [-0.25, -0.2) is 8.78 Å². The molecule has 0 spiro atoms. The molecule has 1 saturated carbocycles. The molecule has 0 aromatic heterocycles. The van der Waals surface area contributed by atoms with Crippen molar-refractivity contribution in [2.45, 2.75) is 38.5 Å². The molecular weight excluding hydrogens is 250 g/mol.